The molecule has 3 aromatic rings. The molecule has 0 spiro atoms. The van der Waals surface area contributed by atoms with Gasteiger partial charge in [0.05, 0.1) is 20.4 Å². The van der Waals surface area contributed by atoms with E-state index in [0.717, 1.165) is 15.7 Å². The molecule has 140 valence electrons. The van der Waals surface area contributed by atoms with Crippen molar-refractivity contribution in [3.05, 3.63) is 71.1 Å². The fourth-order valence-electron chi connectivity index (χ4n) is 2.56. The Labute approximate surface area is 176 Å². The van der Waals surface area contributed by atoms with Gasteiger partial charge in [-0.15, -0.1) is 0 Å². The third-order valence-corrected chi connectivity index (χ3v) is 4.41. The molecule has 0 saturated heterocycles. The summed E-state index contributed by atoms with van der Waals surface area (Å²) in [5.74, 6) is 1.34. The zero-order valence-electron chi connectivity index (χ0n) is 14.9. The topological polar surface area (TPSA) is 52.3 Å². The van der Waals surface area contributed by atoms with Crippen molar-refractivity contribution in [3.8, 4) is 22.8 Å². The number of halogens is 2. The molecule has 0 aliphatic rings. The van der Waals surface area contributed by atoms with Gasteiger partial charge in [0.2, 0.25) is 5.78 Å². The first-order chi connectivity index (χ1) is 12.6. The molecule has 3 rings (SSSR count). The normalized spacial score (nSPS) is 10.0. The Morgan fingerprint density at radius 1 is 1.07 bits per heavy atom. The highest BCUT2D eigenvalue weighted by molar-refractivity contribution is 9.10. The minimum atomic E-state index is 0. The van der Waals surface area contributed by atoms with Crippen LogP contribution in [-0.2, 0) is 6.54 Å². The number of carbonyl (C=O) groups is 1. The minimum Gasteiger partial charge on any atom is -1.00 e. The van der Waals surface area contributed by atoms with Crippen molar-refractivity contribution in [3.63, 3.8) is 0 Å². The van der Waals surface area contributed by atoms with Crippen LogP contribution in [0.3, 0.4) is 0 Å². The average molecular weight is 494 g/mol. The van der Waals surface area contributed by atoms with Crippen LogP contribution in [0.5, 0.6) is 11.5 Å². The van der Waals surface area contributed by atoms with Gasteiger partial charge in [-0.25, -0.2) is 4.57 Å². The number of nitrogens with zero attached hydrogens (tertiary/aromatic N) is 2. The zero-order valence-corrected chi connectivity index (χ0v) is 18.0. The smallest absolute Gasteiger partial charge is 0.287 e. The van der Waals surface area contributed by atoms with Gasteiger partial charge in [0.1, 0.15) is 0 Å². The van der Waals surface area contributed by atoms with Crippen molar-refractivity contribution in [1.82, 2.24) is 4.98 Å². The van der Waals surface area contributed by atoms with Gasteiger partial charge in [-0.3, -0.25) is 4.79 Å². The molecule has 1 aromatic heterocycles. The molecule has 0 atom stereocenters. The Morgan fingerprint density at radius 3 is 2.48 bits per heavy atom. The fraction of sp³-hybridized carbons (Fsp3) is 0.150. The van der Waals surface area contributed by atoms with Crippen LogP contribution in [-0.4, -0.2) is 25.0 Å². The lowest BCUT2D eigenvalue weighted by Crippen LogP contribution is -3.00. The lowest BCUT2D eigenvalue weighted by Gasteiger charge is -2.08. The van der Waals surface area contributed by atoms with Crippen molar-refractivity contribution in [2.75, 3.05) is 14.2 Å². The summed E-state index contributed by atoms with van der Waals surface area (Å²) in [6.45, 7) is 0.232. The lowest BCUT2D eigenvalue weighted by molar-refractivity contribution is -0.686. The first-order valence-corrected chi connectivity index (χ1v) is 8.76. The van der Waals surface area contributed by atoms with Crippen LogP contribution in [0.15, 0.2) is 65.5 Å². The number of carbonyl (C=O) groups excluding carboxylic acids is 1. The number of rotatable bonds is 6. The Balaban J connectivity index is 0.00000261. The van der Waals surface area contributed by atoms with Gasteiger partial charge in [-0.2, -0.15) is 0 Å². The lowest BCUT2D eigenvalue weighted by atomic mass is 10.1. The highest BCUT2D eigenvalue weighted by Crippen LogP contribution is 2.31. The number of aromatic nitrogens is 2. The molecule has 5 nitrogen and oxygen atoms in total. The van der Waals surface area contributed by atoms with Gasteiger partial charge in [0, 0.05) is 21.7 Å². The van der Waals surface area contributed by atoms with Crippen LogP contribution in [0.25, 0.3) is 11.3 Å². The van der Waals surface area contributed by atoms with Gasteiger partial charge in [-0.1, -0.05) is 28.1 Å². The van der Waals surface area contributed by atoms with Crippen molar-refractivity contribution >= 4 is 21.7 Å². The molecule has 1 heterocycles. The predicted octanol–water partition coefficient (Wildman–Crippen LogP) is 0.703. The van der Waals surface area contributed by atoms with Crippen molar-refractivity contribution in [1.29, 1.82) is 0 Å². The monoisotopic (exact) mass is 492 g/mol. The van der Waals surface area contributed by atoms with Crippen LogP contribution in [0.4, 0.5) is 0 Å². The Morgan fingerprint density at radius 2 is 1.85 bits per heavy atom. The molecular weight excluding hydrogens is 476 g/mol. The van der Waals surface area contributed by atoms with E-state index in [1.54, 1.807) is 31.2 Å². The summed E-state index contributed by atoms with van der Waals surface area (Å²) in [5.41, 5.74) is 2.36. The van der Waals surface area contributed by atoms with E-state index in [2.05, 4.69) is 20.9 Å². The highest BCUT2D eigenvalue weighted by atomic mass is 79.9. The van der Waals surface area contributed by atoms with Gasteiger partial charge in [0.15, 0.2) is 23.7 Å². The molecular formula is C20H18Br2N2O3. The van der Waals surface area contributed by atoms with E-state index in [-0.39, 0.29) is 29.3 Å². The number of ether oxygens (including phenoxy) is 2. The van der Waals surface area contributed by atoms with E-state index in [1.165, 1.54) is 0 Å². The molecule has 0 aliphatic carbocycles. The number of Topliss-reactive ketones (excluding diaryl/α,β-unsaturated/α-hetero) is 1. The van der Waals surface area contributed by atoms with E-state index < -0.39 is 0 Å². The second-order valence-corrected chi connectivity index (χ2v) is 6.54. The standard InChI is InChI=1S/C20H18BrN2O3.BrH/c1-25-19-7-6-14(11-20(19)26-2)17-8-9-23(13-22-17)12-18(24)15-4-3-5-16(21)10-15;/h3-11,13H,12H2,1-2H3;1H/q+1;/p-1. The van der Waals surface area contributed by atoms with Gasteiger partial charge in [-0.05, 0) is 35.3 Å². The number of hydrogen-bond acceptors (Lipinski definition) is 4. The third-order valence-electron chi connectivity index (χ3n) is 3.92. The molecule has 7 heteroatoms. The maximum Gasteiger partial charge on any atom is 0.287 e. The van der Waals surface area contributed by atoms with Crippen molar-refractivity contribution in [2.24, 2.45) is 0 Å². The maximum atomic E-state index is 12.4. The summed E-state index contributed by atoms with van der Waals surface area (Å²) < 4.78 is 13.2. The second-order valence-electron chi connectivity index (χ2n) is 5.62. The molecule has 0 bridgehead atoms. The second kappa shape index (κ2) is 9.62. The summed E-state index contributed by atoms with van der Waals surface area (Å²) >= 11 is 3.38. The van der Waals surface area contributed by atoms with Crippen molar-refractivity contribution < 1.29 is 35.8 Å². The van der Waals surface area contributed by atoms with Crippen LogP contribution in [0.1, 0.15) is 10.4 Å². The van der Waals surface area contributed by atoms with E-state index in [0.29, 0.717) is 17.1 Å². The van der Waals surface area contributed by atoms with Gasteiger partial charge < -0.3 is 26.5 Å². The molecule has 0 saturated carbocycles. The van der Waals surface area contributed by atoms with Crippen LogP contribution >= 0.6 is 15.9 Å². The fourth-order valence-corrected chi connectivity index (χ4v) is 2.96. The van der Waals surface area contributed by atoms with Crippen LogP contribution in [0.2, 0.25) is 0 Å². The molecule has 0 amide bonds. The molecule has 0 N–H and O–H groups in total. The molecule has 0 unspecified atom stereocenters. The molecule has 0 radical (unpaired) electrons. The Hall–Kier alpha value is -2.25. The predicted molar refractivity (Wildman–Crippen MR) is 101 cm³/mol. The minimum absolute atomic E-state index is 0. The Kier molecular flexibility index (Phi) is 7.50. The summed E-state index contributed by atoms with van der Waals surface area (Å²) in [5, 5.41) is 0. The van der Waals surface area contributed by atoms with Gasteiger partial charge >= 0.3 is 0 Å². The molecule has 27 heavy (non-hydrogen) atoms. The summed E-state index contributed by atoms with van der Waals surface area (Å²) in [6, 6.07) is 14.9. The first kappa shape index (κ1) is 21.1. The highest BCUT2D eigenvalue weighted by Gasteiger charge is 2.13. The number of methoxy groups -OCH3 is 2. The quantitative estimate of drug-likeness (QED) is 0.375. The number of hydrogen-bond donors (Lipinski definition) is 0. The summed E-state index contributed by atoms with van der Waals surface area (Å²) in [7, 11) is 3.20. The average Bonchev–Trinajstić information content (AvgIpc) is 2.68. The van der Waals surface area contributed by atoms with E-state index >= 15 is 0 Å². The van der Waals surface area contributed by atoms with E-state index in [9.17, 15) is 4.79 Å². The number of benzene rings is 2. The number of ketones is 1. The van der Waals surface area contributed by atoms with Crippen LogP contribution in [0, 0.1) is 0 Å². The van der Waals surface area contributed by atoms with E-state index in [1.807, 2.05) is 48.7 Å². The molecule has 2 aromatic carbocycles. The first-order valence-electron chi connectivity index (χ1n) is 7.97. The maximum absolute atomic E-state index is 12.4. The van der Waals surface area contributed by atoms with Gasteiger partial charge in [0.25, 0.3) is 6.33 Å². The Bertz CT molecular complexity index is 931. The molecule has 0 aliphatic heterocycles. The zero-order chi connectivity index (χ0) is 18.5. The SMILES string of the molecule is COc1ccc(-c2cc[n+](CC(=O)c3cccc(Br)c3)cn2)cc1OC.[Br-]. The largest absolute Gasteiger partial charge is 1.00 e. The van der Waals surface area contributed by atoms with E-state index in [4.69, 9.17) is 9.47 Å². The molecule has 0 fully saturated rings. The third kappa shape index (κ3) is 5.14. The summed E-state index contributed by atoms with van der Waals surface area (Å²) in [6.07, 6.45) is 3.50. The summed E-state index contributed by atoms with van der Waals surface area (Å²) in [4.78, 5) is 16.8. The van der Waals surface area contributed by atoms with Crippen LogP contribution < -0.4 is 31.0 Å². The van der Waals surface area contributed by atoms with Crippen molar-refractivity contribution in [2.45, 2.75) is 6.54 Å².